The number of nitrogens with one attached hydrogen (secondary N) is 1. The number of hydrogen-bond donors (Lipinski definition) is 1. The second kappa shape index (κ2) is 5.78. The first-order valence-electron chi connectivity index (χ1n) is 5.46. The van der Waals surface area contributed by atoms with Gasteiger partial charge in [0.25, 0.3) is 5.91 Å². The van der Waals surface area contributed by atoms with E-state index in [1.807, 2.05) is 0 Å². The fourth-order valence-electron chi connectivity index (χ4n) is 1.35. The second-order valence-electron chi connectivity index (χ2n) is 3.79. The highest BCUT2D eigenvalue weighted by Gasteiger charge is 2.27. The molecular weight excluding hydrogens is 279 g/mol. The van der Waals surface area contributed by atoms with Crippen molar-refractivity contribution in [3.63, 3.8) is 0 Å². The van der Waals surface area contributed by atoms with Gasteiger partial charge in [-0.25, -0.2) is 4.68 Å². The van der Waals surface area contributed by atoms with E-state index in [-0.39, 0.29) is 12.5 Å². The molecule has 0 saturated heterocycles. The number of nitrogens with zero attached hydrogens (tertiary/aromatic N) is 2. The summed E-state index contributed by atoms with van der Waals surface area (Å²) in [5.74, 6) is -0.364. The van der Waals surface area contributed by atoms with Crippen molar-refractivity contribution < 1.29 is 27.1 Å². The van der Waals surface area contributed by atoms with Crippen molar-refractivity contribution >= 4 is 11.6 Å². The highest BCUT2D eigenvalue weighted by atomic mass is 19.4. The van der Waals surface area contributed by atoms with E-state index in [4.69, 9.17) is 4.42 Å². The van der Waals surface area contributed by atoms with Gasteiger partial charge in [0.05, 0.1) is 24.3 Å². The first kappa shape index (κ1) is 14.1. The molecule has 20 heavy (non-hydrogen) atoms. The summed E-state index contributed by atoms with van der Waals surface area (Å²) >= 11 is 0. The van der Waals surface area contributed by atoms with Crippen molar-refractivity contribution in [3.05, 3.63) is 36.5 Å². The first-order chi connectivity index (χ1) is 9.44. The highest BCUT2D eigenvalue weighted by Crippen LogP contribution is 2.15. The van der Waals surface area contributed by atoms with Crippen LogP contribution in [0.5, 0.6) is 0 Å². The van der Waals surface area contributed by atoms with Gasteiger partial charge in [-0.2, -0.15) is 18.3 Å². The minimum Gasteiger partial charge on any atom is -0.459 e. The van der Waals surface area contributed by atoms with Crippen LogP contribution in [0, 0.1) is 0 Å². The van der Waals surface area contributed by atoms with Gasteiger partial charge in [0.15, 0.2) is 5.76 Å². The number of hydrogen-bond acceptors (Lipinski definition) is 4. The molecule has 0 aromatic carbocycles. The lowest BCUT2D eigenvalue weighted by Crippen LogP contribution is -2.18. The molecule has 6 nitrogen and oxygen atoms in total. The fraction of sp³-hybridized carbons (Fsp3) is 0.273. The standard InChI is InChI=1S/C11H10F3N3O3/c12-11(13,14)6-19-7-17-5-8(4-15-17)16-10(18)9-2-1-3-20-9/h1-5H,6-7H2,(H,16,18). The Morgan fingerprint density at radius 2 is 2.30 bits per heavy atom. The Kier molecular flexibility index (Phi) is 4.08. The topological polar surface area (TPSA) is 69.3 Å². The van der Waals surface area contributed by atoms with E-state index in [9.17, 15) is 18.0 Å². The van der Waals surface area contributed by atoms with Crippen LogP contribution < -0.4 is 5.32 Å². The van der Waals surface area contributed by atoms with Gasteiger partial charge in [0.2, 0.25) is 0 Å². The average molecular weight is 289 g/mol. The van der Waals surface area contributed by atoms with Gasteiger partial charge in [-0.05, 0) is 12.1 Å². The molecule has 9 heteroatoms. The van der Waals surface area contributed by atoms with Crippen molar-refractivity contribution in [3.8, 4) is 0 Å². The summed E-state index contributed by atoms with van der Waals surface area (Å²) < 4.78 is 46.0. The van der Waals surface area contributed by atoms with Crippen molar-refractivity contribution in [1.82, 2.24) is 9.78 Å². The molecule has 0 aliphatic rings. The number of amides is 1. The zero-order chi connectivity index (χ0) is 14.6. The van der Waals surface area contributed by atoms with Gasteiger partial charge in [-0.3, -0.25) is 4.79 Å². The molecule has 0 unspecified atom stereocenters. The number of anilines is 1. The van der Waals surface area contributed by atoms with Gasteiger partial charge in [-0.15, -0.1) is 0 Å². The second-order valence-corrected chi connectivity index (χ2v) is 3.79. The summed E-state index contributed by atoms with van der Waals surface area (Å²) in [7, 11) is 0. The summed E-state index contributed by atoms with van der Waals surface area (Å²) in [5, 5.41) is 6.23. The molecule has 0 atom stereocenters. The quantitative estimate of drug-likeness (QED) is 0.916. The SMILES string of the molecule is O=C(Nc1cnn(COCC(F)(F)F)c1)c1ccco1. The Labute approximate surface area is 111 Å². The maximum atomic E-state index is 11.9. The molecule has 0 spiro atoms. The van der Waals surface area contributed by atoms with Crippen LogP contribution in [0.25, 0.3) is 0 Å². The number of carbonyl (C=O) groups is 1. The molecule has 0 bridgehead atoms. The maximum Gasteiger partial charge on any atom is 0.411 e. The molecule has 0 fully saturated rings. The molecular formula is C11H10F3N3O3. The normalized spacial score (nSPS) is 11.6. The van der Waals surface area contributed by atoms with Crippen molar-refractivity contribution in [2.75, 3.05) is 11.9 Å². The van der Waals surface area contributed by atoms with Crippen molar-refractivity contribution in [2.45, 2.75) is 12.9 Å². The molecule has 1 N–H and O–H groups in total. The molecule has 1 amide bonds. The van der Waals surface area contributed by atoms with E-state index < -0.39 is 18.7 Å². The summed E-state index contributed by atoms with van der Waals surface area (Å²) in [6.07, 6.45) is -0.401. The van der Waals surface area contributed by atoms with Crippen LogP contribution in [0.2, 0.25) is 0 Å². The van der Waals surface area contributed by atoms with Gasteiger partial charge < -0.3 is 14.5 Å². The molecule has 0 radical (unpaired) electrons. The third kappa shape index (κ3) is 4.12. The minimum absolute atomic E-state index is 0.117. The summed E-state index contributed by atoms with van der Waals surface area (Å²) in [6, 6.07) is 3.04. The van der Waals surface area contributed by atoms with E-state index >= 15 is 0 Å². The van der Waals surface area contributed by atoms with Crippen LogP contribution >= 0.6 is 0 Å². The number of rotatable bonds is 5. The largest absolute Gasteiger partial charge is 0.459 e. The molecule has 108 valence electrons. The molecule has 2 aromatic rings. The lowest BCUT2D eigenvalue weighted by atomic mass is 10.4. The van der Waals surface area contributed by atoms with E-state index in [0.29, 0.717) is 5.69 Å². The first-order valence-corrected chi connectivity index (χ1v) is 5.46. The summed E-state index contributed by atoms with van der Waals surface area (Å²) in [6.45, 7) is -1.73. The van der Waals surface area contributed by atoms with E-state index in [1.54, 1.807) is 6.07 Å². The monoisotopic (exact) mass is 289 g/mol. The Bertz CT molecular complexity index is 563. The van der Waals surface area contributed by atoms with Gasteiger partial charge in [0, 0.05) is 0 Å². The number of carbonyl (C=O) groups excluding carboxylic acids is 1. The number of aromatic nitrogens is 2. The number of halogens is 3. The van der Waals surface area contributed by atoms with E-state index in [2.05, 4.69) is 15.2 Å². The number of alkyl halides is 3. The Morgan fingerprint density at radius 3 is 2.95 bits per heavy atom. The zero-order valence-electron chi connectivity index (χ0n) is 10.1. The predicted molar refractivity (Wildman–Crippen MR) is 60.9 cm³/mol. The van der Waals surface area contributed by atoms with Gasteiger partial charge >= 0.3 is 6.18 Å². The molecule has 0 aliphatic heterocycles. The van der Waals surface area contributed by atoms with Crippen LogP contribution in [-0.2, 0) is 11.5 Å². The molecule has 2 aromatic heterocycles. The lowest BCUT2D eigenvalue weighted by Gasteiger charge is -2.07. The third-order valence-corrected chi connectivity index (χ3v) is 2.13. The van der Waals surface area contributed by atoms with Gasteiger partial charge in [-0.1, -0.05) is 0 Å². The molecule has 2 rings (SSSR count). The van der Waals surface area contributed by atoms with Crippen LogP contribution in [0.1, 0.15) is 10.6 Å². The molecule has 2 heterocycles. The highest BCUT2D eigenvalue weighted by molar-refractivity contribution is 6.02. The van der Waals surface area contributed by atoms with Crippen LogP contribution in [0.4, 0.5) is 18.9 Å². The maximum absolute atomic E-state index is 11.9. The molecule has 0 aliphatic carbocycles. The number of ether oxygens (including phenoxy) is 1. The molecule has 0 saturated carbocycles. The van der Waals surface area contributed by atoms with Crippen LogP contribution in [0.15, 0.2) is 35.2 Å². The average Bonchev–Trinajstić information content (AvgIpc) is 2.98. The van der Waals surface area contributed by atoms with Crippen LogP contribution in [0.3, 0.4) is 0 Å². The summed E-state index contributed by atoms with van der Waals surface area (Å²) in [4.78, 5) is 11.6. The zero-order valence-corrected chi connectivity index (χ0v) is 10.1. The third-order valence-electron chi connectivity index (χ3n) is 2.13. The smallest absolute Gasteiger partial charge is 0.411 e. The number of furan rings is 1. The lowest BCUT2D eigenvalue weighted by molar-refractivity contribution is -0.182. The van der Waals surface area contributed by atoms with Gasteiger partial charge in [0.1, 0.15) is 13.3 Å². The Hall–Kier alpha value is -2.29. The minimum atomic E-state index is -4.39. The Balaban J connectivity index is 1.85. The van der Waals surface area contributed by atoms with E-state index in [0.717, 1.165) is 4.68 Å². The van der Waals surface area contributed by atoms with E-state index in [1.165, 1.54) is 24.7 Å². The Morgan fingerprint density at radius 1 is 1.50 bits per heavy atom. The summed E-state index contributed by atoms with van der Waals surface area (Å²) in [5.41, 5.74) is 0.321. The predicted octanol–water partition coefficient (Wildman–Crippen LogP) is 2.26. The van der Waals surface area contributed by atoms with Crippen molar-refractivity contribution in [1.29, 1.82) is 0 Å². The van der Waals surface area contributed by atoms with Crippen molar-refractivity contribution in [2.24, 2.45) is 0 Å². The van der Waals surface area contributed by atoms with Crippen LogP contribution in [-0.4, -0.2) is 28.5 Å². The fourth-order valence-corrected chi connectivity index (χ4v) is 1.35.